The summed E-state index contributed by atoms with van der Waals surface area (Å²) in [6.45, 7) is 4.53. The summed E-state index contributed by atoms with van der Waals surface area (Å²) in [7, 11) is 0. The van der Waals surface area contributed by atoms with Crippen LogP contribution < -0.4 is 10.1 Å². The van der Waals surface area contributed by atoms with Crippen LogP contribution in [0.2, 0.25) is 0 Å². The number of carbonyl (C=O) groups excluding carboxylic acids is 1. The molecular weight excluding hydrogens is 372 g/mol. The maximum atomic E-state index is 12.7. The van der Waals surface area contributed by atoms with Crippen molar-refractivity contribution in [1.82, 2.24) is 10.3 Å². The van der Waals surface area contributed by atoms with Gasteiger partial charge in [-0.15, -0.1) is 0 Å². The van der Waals surface area contributed by atoms with E-state index < -0.39 is 0 Å². The summed E-state index contributed by atoms with van der Waals surface area (Å²) < 4.78 is 5.98. The summed E-state index contributed by atoms with van der Waals surface area (Å²) in [4.78, 5) is 16.1. The lowest BCUT2D eigenvalue weighted by molar-refractivity contribution is -0.121. The Kier molecular flexibility index (Phi) is 5.84. The third-order valence-electron chi connectivity index (χ3n) is 5.35. The van der Waals surface area contributed by atoms with Crippen molar-refractivity contribution in [3.8, 4) is 5.75 Å². The minimum Gasteiger partial charge on any atom is -0.489 e. The second-order valence-corrected chi connectivity index (χ2v) is 7.59. The third-order valence-corrected chi connectivity index (χ3v) is 5.35. The van der Waals surface area contributed by atoms with E-state index >= 15 is 0 Å². The monoisotopic (exact) mass is 398 g/mol. The van der Waals surface area contributed by atoms with Crippen LogP contribution in [-0.2, 0) is 17.8 Å². The Hall–Kier alpha value is -3.53. The number of aryl methyl sites for hydroxylation is 1. The molecule has 0 spiro atoms. The molecule has 0 bridgehead atoms. The topological polar surface area (TPSA) is 54.1 Å². The Morgan fingerprint density at radius 1 is 1.00 bits per heavy atom. The summed E-state index contributed by atoms with van der Waals surface area (Å²) in [5.74, 6) is 0.802. The quantitative estimate of drug-likeness (QED) is 0.433. The molecule has 0 aliphatic carbocycles. The molecule has 0 aliphatic heterocycles. The van der Waals surface area contributed by atoms with Crippen LogP contribution in [0.3, 0.4) is 0 Å². The van der Waals surface area contributed by atoms with Gasteiger partial charge >= 0.3 is 0 Å². The summed E-state index contributed by atoms with van der Waals surface area (Å²) >= 11 is 0. The van der Waals surface area contributed by atoms with Crippen molar-refractivity contribution in [1.29, 1.82) is 0 Å². The maximum absolute atomic E-state index is 12.7. The van der Waals surface area contributed by atoms with Crippen LogP contribution in [0, 0.1) is 6.92 Å². The van der Waals surface area contributed by atoms with Crippen molar-refractivity contribution >= 4 is 16.8 Å². The van der Waals surface area contributed by atoms with Crippen molar-refractivity contribution in [2.24, 2.45) is 0 Å². The van der Waals surface area contributed by atoms with Crippen LogP contribution in [0.15, 0.2) is 78.9 Å². The van der Waals surface area contributed by atoms with E-state index in [-0.39, 0.29) is 11.9 Å². The molecule has 30 heavy (non-hydrogen) atoms. The lowest BCUT2D eigenvalue weighted by Crippen LogP contribution is -2.28. The molecule has 0 aliphatic rings. The molecule has 1 heterocycles. The Labute approximate surface area is 176 Å². The van der Waals surface area contributed by atoms with Gasteiger partial charge in [-0.2, -0.15) is 0 Å². The first-order valence-electron chi connectivity index (χ1n) is 10.2. The van der Waals surface area contributed by atoms with Crippen LogP contribution in [0.4, 0.5) is 0 Å². The lowest BCUT2D eigenvalue weighted by Gasteiger charge is -2.14. The zero-order chi connectivity index (χ0) is 20.9. The largest absolute Gasteiger partial charge is 0.489 e. The zero-order valence-corrected chi connectivity index (χ0v) is 17.3. The molecule has 4 heteroatoms. The molecular formula is C26H26N2O2. The van der Waals surface area contributed by atoms with E-state index in [1.165, 1.54) is 0 Å². The highest BCUT2D eigenvalue weighted by molar-refractivity contribution is 5.91. The molecule has 4 nitrogen and oxygen atoms in total. The smallest absolute Gasteiger partial charge is 0.224 e. The fraction of sp³-hybridized carbons (Fsp3) is 0.192. The summed E-state index contributed by atoms with van der Waals surface area (Å²) in [6.07, 6.45) is 0.325. The number of H-pyrrole nitrogens is 1. The van der Waals surface area contributed by atoms with Gasteiger partial charge in [0.2, 0.25) is 5.91 Å². The van der Waals surface area contributed by atoms with Crippen molar-refractivity contribution in [3.63, 3.8) is 0 Å². The van der Waals surface area contributed by atoms with Crippen LogP contribution in [0.1, 0.15) is 35.3 Å². The SMILES string of the molecule is Cc1[nH]c2ccc(OCc3ccccc3)cc2c1CC(=O)NC(C)c1ccccc1. The number of hydrogen-bond donors (Lipinski definition) is 2. The normalized spacial score (nSPS) is 11.9. The minimum absolute atomic E-state index is 0.00552. The number of aromatic nitrogens is 1. The predicted molar refractivity (Wildman–Crippen MR) is 121 cm³/mol. The minimum atomic E-state index is -0.0334. The molecule has 1 atom stereocenters. The Bertz CT molecular complexity index is 1130. The molecule has 1 unspecified atom stereocenters. The molecule has 1 aromatic heterocycles. The number of carbonyl (C=O) groups is 1. The average molecular weight is 399 g/mol. The first-order chi connectivity index (χ1) is 14.6. The molecule has 2 N–H and O–H groups in total. The van der Waals surface area contributed by atoms with Crippen LogP contribution in [0.25, 0.3) is 10.9 Å². The van der Waals surface area contributed by atoms with Gasteiger partial charge in [-0.3, -0.25) is 4.79 Å². The van der Waals surface area contributed by atoms with E-state index in [1.54, 1.807) is 0 Å². The molecule has 152 valence electrons. The van der Waals surface area contributed by atoms with Gasteiger partial charge in [-0.05, 0) is 48.7 Å². The molecule has 0 saturated heterocycles. The van der Waals surface area contributed by atoms with E-state index in [0.29, 0.717) is 13.0 Å². The maximum Gasteiger partial charge on any atom is 0.224 e. The number of hydrogen-bond acceptors (Lipinski definition) is 2. The molecule has 3 aromatic carbocycles. The van der Waals surface area contributed by atoms with E-state index in [1.807, 2.05) is 92.7 Å². The van der Waals surface area contributed by atoms with Gasteiger partial charge in [0.1, 0.15) is 12.4 Å². The highest BCUT2D eigenvalue weighted by atomic mass is 16.5. The van der Waals surface area contributed by atoms with Crippen molar-refractivity contribution < 1.29 is 9.53 Å². The molecule has 0 radical (unpaired) electrons. The van der Waals surface area contributed by atoms with Gasteiger partial charge < -0.3 is 15.0 Å². The van der Waals surface area contributed by atoms with E-state index in [2.05, 4.69) is 10.3 Å². The Morgan fingerprint density at radius 2 is 1.70 bits per heavy atom. The number of rotatable bonds is 7. The van der Waals surface area contributed by atoms with Crippen molar-refractivity contribution in [2.45, 2.75) is 32.9 Å². The number of benzene rings is 3. The molecule has 4 aromatic rings. The Morgan fingerprint density at radius 3 is 2.43 bits per heavy atom. The lowest BCUT2D eigenvalue weighted by atomic mass is 10.1. The van der Waals surface area contributed by atoms with E-state index in [9.17, 15) is 4.79 Å². The molecule has 4 rings (SSSR count). The van der Waals surface area contributed by atoms with Crippen LogP contribution in [-0.4, -0.2) is 10.9 Å². The van der Waals surface area contributed by atoms with Gasteiger partial charge in [0, 0.05) is 16.6 Å². The van der Waals surface area contributed by atoms with E-state index in [0.717, 1.165) is 39.0 Å². The van der Waals surface area contributed by atoms with Gasteiger partial charge in [-0.25, -0.2) is 0 Å². The first kappa shape index (κ1) is 19.8. The van der Waals surface area contributed by atoms with Crippen LogP contribution in [0.5, 0.6) is 5.75 Å². The highest BCUT2D eigenvalue weighted by Gasteiger charge is 2.15. The first-order valence-corrected chi connectivity index (χ1v) is 10.2. The fourth-order valence-corrected chi connectivity index (χ4v) is 3.70. The second-order valence-electron chi connectivity index (χ2n) is 7.59. The van der Waals surface area contributed by atoms with Gasteiger partial charge in [0.05, 0.1) is 12.5 Å². The Balaban J connectivity index is 1.49. The predicted octanol–water partition coefficient (Wildman–Crippen LogP) is 5.48. The summed E-state index contributed by atoms with van der Waals surface area (Å²) in [5, 5.41) is 4.13. The number of fused-ring (bicyclic) bond motifs is 1. The number of aromatic amines is 1. The standard InChI is InChI=1S/C26H26N2O2/c1-18(21-11-7-4-8-12-21)28-26(29)16-23-19(2)27-25-14-13-22(15-24(23)25)30-17-20-9-5-3-6-10-20/h3-15,18,27H,16-17H2,1-2H3,(H,28,29). The second kappa shape index (κ2) is 8.87. The molecule has 0 saturated carbocycles. The van der Waals surface area contributed by atoms with Gasteiger partial charge in [0.25, 0.3) is 0 Å². The summed E-state index contributed by atoms with van der Waals surface area (Å²) in [6, 6.07) is 26.0. The number of ether oxygens (including phenoxy) is 1. The zero-order valence-electron chi connectivity index (χ0n) is 17.3. The van der Waals surface area contributed by atoms with E-state index in [4.69, 9.17) is 4.74 Å². The van der Waals surface area contributed by atoms with Crippen molar-refractivity contribution in [2.75, 3.05) is 0 Å². The van der Waals surface area contributed by atoms with Crippen LogP contribution >= 0.6 is 0 Å². The van der Waals surface area contributed by atoms with Crippen molar-refractivity contribution in [3.05, 3.63) is 101 Å². The molecule has 0 fully saturated rings. The third kappa shape index (κ3) is 4.54. The number of nitrogens with one attached hydrogen (secondary N) is 2. The summed E-state index contributed by atoms with van der Waals surface area (Å²) in [5.41, 5.74) is 5.24. The molecule has 1 amide bonds. The highest BCUT2D eigenvalue weighted by Crippen LogP contribution is 2.27. The number of amides is 1. The fourth-order valence-electron chi connectivity index (χ4n) is 3.70. The van der Waals surface area contributed by atoms with Gasteiger partial charge in [-0.1, -0.05) is 60.7 Å². The average Bonchev–Trinajstić information content (AvgIpc) is 3.08. The van der Waals surface area contributed by atoms with Gasteiger partial charge in [0.15, 0.2) is 0 Å².